The first kappa shape index (κ1) is 13.7. The monoisotopic (exact) mass is 252 g/mol. The Morgan fingerprint density at radius 2 is 2.41 bits per heavy atom. The van der Waals surface area contributed by atoms with Crippen molar-refractivity contribution in [3.8, 4) is 0 Å². The fourth-order valence-corrected chi connectivity index (χ4v) is 2.07. The Bertz CT molecular complexity index is 370. The molecule has 0 radical (unpaired) electrons. The lowest BCUT2D eigenvalue weighted by molar-refractivity contribution is 0.849. The van der Waals surface area contributed by atoms with Crippen LogP contribution in [-0.2, 0) is 6.42 Å². The highest BCUT2D eigenvalue weighted by Gasteiger charge is 1.99. The lowest BCUT2D eigenvalue weighted by atomic mass is 10.4. The van der Waals surface area contributed by atoms with Crippen molar-refractivity contribution in [1.29, 1.82) is 0 Å². The first-order valence-corrected chi connectivity index (χ1v) is 6.62. The van der Waals surface area contributed by atoms with Crippen molar-refractivity contribution in [2.75, 3.05) is 19.6 Å². The van der Waals surface area contributed by atoms with Crippen molar-refractivity contribution in [3.63, 3.8) is 0 Å². The Morgan fingerprint density at radius 3 is 3.00 bits per heavy atom. The zero-order chi connectivity index (χ0) is 12.5. The summed E-state index contributed by atoms with van der Waals surface area (Å²) < 4.78 is 0. The van der Waals surface area contributed by atoms with Gasteiger partial charge in [0.25, 0.3) is 0 Å². The van der Waals surface area contributed by atoms with Crippen LogP contribution < -0.4 is 10.6 Å². The van der Waals surface area contributed by atoms with Crippen molar-refractivity contribution in [2.24, 2.45) is 4.99 Å². The van der Waals surface area contributed by atoms with Crippen LogP contribution in [0.25, 0.3) is 0 Å². The van der Waals surface area contributed by atoms with Gasteiger partial charge in [-0.05, 0) is 13.8 Å². The number of hydrogen-bond donors (Lipinski definition) is 2. The number of nitrogens with zero attached hydrogens (tertiary/aromatic N) is 2. The molecule has 5 heteroatoms. The Labute approximate surface area is 107 Å². The second-order valence-electron chi connectivity index (χ2n) is 3.54. The zero-order valence-electron chi connectivity index (χ0n) is 10.5. The lowest BCUT2D eigenvalue weighted by Crippen LogP contribution is -2.37. The van der Waals surface area contributed by atoms with Gasteiger partial charge in [0.15, 0.2) is 5.96 Å². The molecule has 2 N–H and O–H groups in total. The predicted molar refractivity (Wildman–Crippen MR) is 74.7 cm³/mol. The summed E-state index contributed by atoms with van der Waals surface area (Å²) in [6, 6.07) is 0. The van der Waals surface area contributed by atoms with Gasteiger partial charge in [-0.3, -0.25) is 4.99 Å². The van der Waals surface area contributed by atoms with Gasteiger partial charge >= 0.3 is 0 Å². The molecule has 0 atom stereocenters. The van der Waals surface area contributed by atoms with E-state index in [9.17, 15) is 0 Å². The summed E-state index contributed by atoms with van der Waals surface area (Å²) in [6.07, 6.45) is 4.62. The Hall–Kier alpha value is -1.36. The number of thiazole rings is 1. The highest BCUT2D eigenvalue weighted by atomic mass is 32.1. The molecule has 1 rings (SSSR count). The standard InChI is InChI=1S/C12H20N4S/c1-4-7-14-12(13-5-2)15-8-6-11-16-9-10(3)17-11/h4,9H,1,5-8H2,2-3H3,(H2,13,14,15). The van der Waals surface area contributed by atoms with Crippen LogP contribution in [0.3, 0.4) is 0 Å². The molecule has 0 aromatic carbocycles. The molecule has 0 amide bonds. The van der Waals surface area contributed by atoms with Crippen LogP contribution in [-0.4, -0.2) is 30.6 Å². The minimum absolute atomic E-state index is 0.724. The minimum Gasteiger partial charge on any atom is -0.357 e. The molecule has 0 bridgehead atoms. The van der Waals surface area contributed by atoms with E-state index in [1.54, 1.807) is 11.3 Å². The zero-order valence-corrected chi connectivity index (χ0v) is 11.3. The van der Waals surface area contributed by atoms with Crippen molar-refractivity contribution in [2.45, 2.75) is 20.3 Å². The molecule has 17 heavy (non-hydrogen) atoms. The average molecular weight is 252 g/mol. The number of guanidine groups is 1. The quantitative estimate of drug-likeness (QED) is 0.460. The van der Waals surface area contributed by atoms with E-state index in [1.165, 1.54) is 4.88 Å². The third-order valence-electron chi connectivity index (χ3n) is 2.02. The van der Waals surface area contributed by atoms with Gasteiger partial charge in [-0.25, -0.2) is 4.98 Å². The normalized spacial score (nSPS) is 11.3. The third kappa shape index (κ3) is 5.49. The second kappa shape index (κ2) is 7.84. The molecule has 0 aliphatic rings. The fourth-order valence-electron chi connectivity index (χ4n) is 1.29. The maximum Gasteiger partial charge on any atom is 0.191 e. The van der Waals surface area contributed by atoms with Crippen LogP contribution in [0.15, 0.2) is 23.8 Å². The molecule has 0 aliphatic heterocycles. The van der Waals surface area contributed by atoms with E-state index in [4.69, 9.17) is 0 Å². The van der Waals surface area contributed by atoms with E-state index in [1.807, 2.05) is 12.3 Å². The van der Waals surface area contributed by atoms with Crippen LogP contribution in [0.5, 0.6) is 0 Å². The molecule has 0 fully saturated rings. The van der Waals surface area contributed by atoms with Gasteiger partial charge in [0.05, 0.1) is 5.01 Å². The van der Waals surface area contributed by atoms with E-state index in [0.717, 1.165) is 37.0 Å². The number of hydrogen-bond acceptors (Lipinski definition) is 3. The lowest BCUT2D eigenvalue weighted by Gasteiger charge is -2.08. The van der Waals surface area contributed by atoms with E-state index < -0.39 is 0 Å². The second-order valence-corrected chi connectivity index (χ2v) is 4.86. The number of rotatable bonds is 6. The van der Waals surface area contributed by atoms with Gasteiger partial charge in [-0.15, -0.1) is 17.9 Å². The topological polar surface area (TPSA) is 49.3 Å². The maximum atomic E-state index is 4.47. The molecule has 0 saturated carbocycles. The molecule has 94 valence electrons. The van der Waals surface area contributed by atoms with E-state index in [-0.39, 0.29) is 0 Å². The number of aromatic nitrogens is 1. The molecule has 0 spiro atoms. The van der Waals surface area contributed by atoms with Crippen LogP contribution >= 0.6 is 11.3 Å². The van der Waals surface area contributed by atoms with Gasteiger partial charge in [0, 0.05) is 37.1 Å². The molecule has 0 saturated heterocycles. The SMILES string of the molecule is C=CCNC(=NCCc1ncc(C)s1)NCC. The van der Waals surface area contributed by atoms with Crippen LogP contribution in [0.2, 0.25) is 0 Å². The average Bonchev–Trinajstić information content (AvgIpc) is 2.72. The number of aliphatic imine (C=N–C) groups is 1. The minimum atomic E-state index is 0.724. The van der Waals surface area contributed by atoms with Crippen molar-refractivity contribution < 1.29 is 0 Å². The van der Waals surface area contributed by atoms with Crippen molar-refractivity contribution >= 4 is 17.3 Å². The molecule has 0 unspecified atom stereocenters. The fraction of sp³-hybridized carbons (Fsp3) is 0.500. The third-order valence-corrected chi connectivity index (χ3v) is 3.00. The van der Waals surface area contributed by atoms with Crippen LogP contribution in [0.1, 0.15) is 16.8 Å². The van der Waals surface area contributed by atoms with Gasteiger partial charge < -0.3 is 10.6 Å². The van der Waals surface area contributed by atoms with Gasteiger partial charge in [0.1, 0.15) is 0 Å². The smallest absolute Gasteiger partial charge is 0.191 e. The summed E-state index contributed by atoms with van der Waals surface area (Å²) in [5, 5.41) is 7.49. The van der Waals surface area contributed by atoms with E-state index in [2.05, 4.69) is 41.0 Å². The molecular weight excluding hydrogens is 232 g/mol. The summed E-state index contributed by atoms with van der Waals surface area (Å²) in [7, 11) is 0. The molecule has 1 aromatic heterocycles. The molecule has 1 aromatic rings. The summed E-state index contributed by atoms with van der Waals surface area (Å²) in [4.78, 5) is 10.0. The summed E-state index contributed by atoms with van der Waals surface area (Å²) >= 11 is 1.73. The highest BCUT2D eigenvalue weighted by molar-refractivity contribution is 7.11. The van der Waals surface area contributed by atoms with Gasteiger partial charge in [0.2, 0.25) is 0 Å². The first-order chi connectivity index (χ1) is 8.26. The molecule has 4 nitrogen and oxygen atoms in total. The van der Waals surface area contributed by atoms with Gasteiger partial charge in [-0.2, -0.15) is 0 Å². The number of nitrogens with one attached hydrogen (secondary N) is 2. The molecule has 0 aliphatic carbocycles. The van der Waals surface area contributed by atoms with Crippen molar-refractivity contribution in [1.82, 2.24) is 15.6 Å². The van der Waals surface area contributed by atoms with Crippen LogP contribution in [0.4, 0.5) is 0 Å². The van der Waals surface area contributed by atoms with E-state index >= 15 is 0 Å². The summed E-state index contributed by atoms with van der Waals surface area (Å²) in [5.41, 5.74) is 0. The highest BCUT2D eigenvalue weighted by Crippen LogP contribution is 2.11. The van der Waals surface area contributed by atoms with Gasteiger partial charge in [-0.1, -0.05) is 6.08 Å². The predicted octanol–water partition coefficient (Wildman–Crippen LogP) is 1.74. The Balaban J connectivity index is 2.39. The summed E-state index contributed by atoms with van der Waals surface area (Å²) in [5.74, 6) is 0.834. The largest absolute Gasteiger partial charge is 0.357 e. The molecule has 1 heterocycles. The first-order valence-electron chi connectivity index (χ1n) is 5.80. The van der Waals surface area contributed by atoms with Crippen LogP contribution in [0, 0.1) is 6.92 Å². The van der Waals surface area contributed by atoms with Crippen molar-refractivity contribution in [3.05, 3.63) is 28.7 Å². The maximum absolute atomic E-state index is 4.47. The summed E-state index contributed by atoms with van der Waals surface area (Å²) in [6.45, 7) is 10.1. The Morgan fingerprint density at radius 1 is 1.59 bits per heavy atom. The Kier molecular flexibility index (Phi) is 6.32. The number of aryl methyl sites for hydroxylation is 1. The van der Waals surface area contributed by atoms with E-state index in [0.29, 0.717) is 0 Å². The molecular formula is C12H20N4S.